The lowest BCUT2D eigenvalue weighted by Crippen LogP contribution is -2.31. The summed E-state index contributed by atoms with van der Waals surface area (Å²) in [5, 5.41) is 3.69. The molecule has 1 amide bonds. The van der Waals surface area contributed by atoms with Crippen molar-refractivity contribution in [1.29, 1.82) is 0 Å². The van der Waals surface area contributed by atoms with E-state index in [4.69, 9.17) is 11.6 Å². The number of nitrogens with zero attached hydrogens (tertiary/aromatic N) is 1. The van der Waals surface area contributed by atoms with Crippen molar-refractivity contribution >= 4 is 23.2 Å². The highest BCUT2D eigenvalue weighted by atomic mass is 35.5. The minimum Gasteiger partial charge on any atom is -0.376 e. The van der Waals surface area contributed by atoms with Crippen molar-refractivity contribution in [3.63, 3.8) is 0 Å². The van der Waals surface area contributed by atoms with Gasteiger partial charge in [0.05, 0.1) is 6.54 Å². The van der Waals surface area contributed by atoms with E-state index in [1.54, 1.807) is 24.1 Å². The van der Waals surface area contributed by atoms with Crippen LogP contribution in [0.25, 0.3) is 0 Å². The molecule has 0 aromatic heterocycles. The van der Waals surface area contributed by atoms with E-state index in [2.05, 4.69) is 5.32 Å². The Morgan fingerprint density at radius 1 is 1.53 bits per heavy atom. The molecule has 0 saturated carbocycles. The van der Waals surface area contributed by atoms with Crippen LogP contribution < -0.4 is 5.32 Å². The topological polar surface area (TPSA) is 32.3 Å². The van der Waals surface area contributed by atoms with Gasteiger partial charge in [-0.1, -0.05) is 17.7 Å². The molecule has 0 saturated heterocycles. The number of nitrogens with one attached hydrogen (secondary N) is 1. The van der Waals surface area contributed by atoms with E-state index in [0.29, 0.717) is 11.6 Å². The largest absolute Gasteiger partial charge is 0.376 e. The monoisotopic (exact) mass is 226 g/mol. The molecule has 3 nitrogen and oxygen atoms in total. The first-order chi connectivity index (χ1) is 7.13. The maximum absolute atomic E-state index is 11.5. The zero-order valence-electron chi connectivity index (χ0n) is 8.96. The van der Waals surface area contributed by atoms with Gasteiger partial charge in [0.2, 0.25) is 5.91 Å². The Kier molecular flexibility index (Phi) is 4.43. The molecule has 0 radical (unpaired) electrons. The number of carbonyl (C=O) groups is 1. The Morgan fingerprint density at radius 2 is 2.27 bits per heavy atom. The Bertz CT molecular complexity index is 341. The van der Waals surface area contributed by atoms with Gasteiger partial charge in [-0.25, -0.2) is 0 Å². The van der Waals surface area contributed by atoms with Crippen LogP contribution >= 0.6 is 11.6 Å². The number of carbonyl (C=O) groups excluding carboxylic acids is 1. The molecule has 4 heteroatoms. The summed E-state index contributed by atoms with van der Waals surface area (Å²) in [6, 6.07) is 7.32. The van der Waals surface area contributed by atoms with Crippen LogP contribution in [0, 0.1) is 0 Å². The van der Waals surface area contributed by atoms with Crippen LogP contribution in [0.1, 0.15) is 6.92 Å². The van der Waals surface area contributed by atoms with E-state index in [-0.39, 0.29) is 5.91 Å². The fraction of sp³-hybridized carbons (Fsp3) is 0.364. The molecule has 0 aliphatic rings. The third-order valence-electron chi connectivity index (χ3n) is 2.17. The van der Waals surface area contributed by atoms with Gasteiger partial charge in [-0.15, -0.1) is 0 Å². The predicted octanol–water partition coefficient (Wildman–Crippen LogP) is 2.23. The lowest BCUT2D eigenvalue weighted by molar-refractivity contribution is -0.127. The third-order valence-corrected chi connectivity index (χ3v) is 2.40. The van der Waals surface area contributed by atoms with E-state index < -0.39 is 0 Å². The molecule has 0 unspecified atom stereocenters. The molecule has 1 rings (SSSR count). The van der Waals surface area contributed by atoms with Crippen molar-refractivity contribution in [2.75, 3.05) is 25.5 Å². The van der Waals surface area contributed by atoms with Crippen LogP contribution in [0.5, 0.6) is 0 Å². The van der Waals surface area contributed by atoms with Crippen molar-refractivity contribution < 1.29 is 4.79 Å². The summed E-state index contributed by atoms with van der Waals surface area (Å²) >= 11 is 5.81. The minimum atomic E-state index is 0.0671. The number of halogens is 1. The number of hydrogen-bond donors (Lipinski definition) is 1. The molecule has 0 heterocycles. The number of amides is 1. The van der Waals surface area contributed by atoms with E-state index in [1.165, 1.54) is 0 Å². The molecule has 1 aromatic rings. The summed E-state index contributed by atoms with van der Waals surface area (Å²) in [7, 11) is 1.78. The molecular weight excluding hydrogens is 212 g/mol. The Morgan fingerprint density at radius 3 is 2.87 bits per heavy atom. The maximum Gasteiger partial charge on any atom is 0.241 e. The smallest absolute Gasteiger partial charge is 0.241 e. The first-order valence-electron chi connectivity index (χ1n) is 4.87. The minimum absolute atomic E-state index is 0.0671. The Labute approximate surface area is 95.0 Å². The number of likely N-dealkylation sites (N-methyl/N-ethyl adjacent to an activating group) is 1. The quantitative estimate of drug-likeness (QED) is 0.854. The second kappa shape index (κ2) is 5.61. The third kappa shape index (κ3) is 3.80. The van der Waals surface area contributed by atoms with Crippen LogP contribution in [-0.2, 0) is 4.79 Å². The van der Waals surface area contributed by atoms with Crippen LogP contribution in [0.4, 0.5) is 5.69 Å². The van der Waals surface area contributed by atoms with E-state index in [0.717, 1.165) is 12.2 Å². The van der Waals surface area contributed by atoms with Gasteiger partial charge in [-0.2, -0.15) is 0 Å². The number of benzene rings is 1. The van der Waals surface area contributed by atoms with E-state index in [9.17, 15) is 4.79 Å². The fourth-order valence-electron chi connectivity index (χ4n) is 1.09. The van der Waals surface area contributed by atoms with Gasteiger partial charge >= 0.3 is 0 Å². The lowest BCUT2D eigenvalue weighted by Gasteiger charge is -2.15. The van der Waals surface area contributed by atoms with Gasteiger partial charge in [0, 0.05) is 24.3 Å². The van der Waals surface area contributed by atoms with Gasteiger partial charge in [-0.3, -0.25) is 4.79 Å². The highest BCUT2D eigenvalue weighted by molar-refractivity contribution is 6.30. The second-order valence-electron chi connectivity index (χ2n) is 3.27. The maximum atomic E-state index is 11.5. The molecule has 1 N–H and O–H groups in total. The van der Waals surface area contributed by atoms with Crippen LogP contribution in [0.15, 0.2) is 24.3 Å². The summed E-state index contributed by atoms with van der Waals surface area (Å²) in [4.78, 5) is 13.1. The van der Waals surface area contributed by atoms with Crippen LogP contribution in [0.3, 0.4) is 0 Å². The van der Waals surface area contributed by atoms with Gasteiger partial charge in [0.25, 0.3) is 0 Å². The van der Waals surface area contributed by atoms with Gasteiger partial charge in [0.1, 0.15) is 0 Å². The summed E-state index contributed by atoms with van der Waals surface area (Å²) in [5.74, 6) is 0.0671. The summed E-state index contributed by atoms with van der Waals surface area (Å²) < 4.78 is 0. The Hall–Kier alpha value is -1.22. The molecule has 0 spiro atoms. The average Bonchev–Trinajstić information content (AvgIpc) is 2.25. The molecule has 82 valence electrons. The molecule has 1 aromatic carbocycles. The number of anilines is 1. The lowest BCUT2D eigenvalue weighted by atomic mass is 10.3. The summed E-state index contributed by atoms with van der Waals surface area (Å²) in [5.41, 5.74) is 0.861. The highest BCUT2D eigenvalue weighted by Crippen LogP contribution is 2.14. The number of rotatable bonds is 4. The van der Waals surface area contributed by atoms with Crippen molar-refractivity contribution in [2.24, 2.45) is 0 Å². The van der Waals surface area contributed by atoms with Crippen LogP contribution in [-0.4, -0.2) is 30.9 Å². The standard InChI is InChI=1S/C11H15ClN2O/c1-3-14(2)11(15)8-13-10-6-4-5-9(12)7-10/h4-7,13H,3,8H2,1-2H3. The predicted molar refractivity (Wildman–Crippen MR) is 63.3 cm³/mol. The van der Waals surface area contributed by atoms with Crippen molar-refractivity contribution in [3.05, 3.63) is 29.3 Å². The second-order valence-corrected chi connectivity index (χ2v) is 3.71. The van der Waals surface area contributed by atoms with Crippen molar-refractivity contribution in [2.45, 2.75) is 6.92 Å². The average molecular weight is 227 g/mol. The zero-order chi connectivity index (χ0) is 11.3. The van der Waals surface area contributed by atoms with E-state index >= 15 is 0 Å². The molecule has 15 heavy (non-hydrogen) atoms. The molecule has 0 atom stereocenters. The number of hydrogen-bond acceptors (Lipinski definition) is 2. The van der Waals surface area contributed by atoms with Gasteiger partial charge in [-0.05, 0) is 25.1 Å². The molecule has 0 fully saturated rings. The van der Waals surface area contributed by atoms with Crippen molar-refractivity contribution in [3.8, 4) is 0 Å². The summed E-state index contributed by atoms with van der Waals surface area (Å²) in [6.07, 6.45) is 0. The SMILES string of the molecule is CCN(C)C(=O)CNc1cccc(Cl)c1. The molecule has 0 aliphatic heterocycles. The first-order valence-corrected chi connectivity index (χ1v) is 5.24. The fourth-order valence-corrected chi connectivity index (χ4v) is 1.28. The molecule has 0 bridgehead atoms. The Balaban J connectivity index is 2.47. The van der Waals surface area contributed by atoms with Crippen LogP contribution in [0.2, 0.25) is 5.02 Å². The molecular formula is C11H15ClN2O. The van der Waals surface area contributed by atoms with Crippen molar-refractivity contribution in [1.82, 2.24) is 4.90 Å². The van der Waals surface area contributed by atoms with E-state index in [1.807, 2.05) is 19.1 Å². The summed E-state index contributed by atoms with van der Waals surface area (Å²) in [6.45, 7) is 2.96. The van der Waals surface area contributed by atoms with Gasteiger partial charge < -0.3 is 10.2 Å². The molecule has 0 aliphatic carbocycles. The zero-order valence-corrected chi connectivity index (χ0v) is 9.71. The normalized spacial score (nSPS) is 9.80. The first kappa shape index (κ1) is 11.9. The highest BCUT2D eigenvalue weighted by Gasteiger charge is 2.05. The van der Waals surface area contributed by atoms with Gasteiger partial charge in [0.15, 0.2) is 0 Å².